The maximum atomic E-state index is 13.6. The maximum Gasteiger partial charge on any atom is 0.326 e. The molecule has 0 saturated carbocycles. The van der Waals surface area contributed by atoms with Crippen molar-refractivity contribution in [2.24, 2.45) is 23.1 Å². The van der Waals surface area contributed by atoms with Crippen LogP contribution in [0, 0.1) is 22.1 Å². The van der Waals surface area contributed by atoms with E-state index >= 15 is 0 Å². The number of nitrogens with two attached hydrogens (primary N) is 3. The van der Waals surface area contributed by atoms with E-state index in [1.807, 2.05) is 0 Å². The molecule has 0 radical (unpaired) electrons. The lowest BCUT2D eigenvalue weighted by molar-refractivity contribution is -0.142. The first-order chi connectivity index (χ1) is 23.4. The Morgan fingerprint density at radius 2 is 0.920 bits per heavy atom. The van der Waals surface area contributed by atoms with E-state index in [2.05, 4.69) is 42.5 Å². The van der Waals surface area contributed by atoms with Crippen LogP contribution in [0.2, 0.25) is 0 Å². The Balaban J connectivity index is 6.07. The van der Waals surface area contributed by atoms with Crippen LogP contribution in [0.3, 0.4) is 0 Å². The van der Waals surface area contributed by atoms with Gasteiger partial charge in [0, 0.05) is 26.6 Å². The molecule has 1 unspecified atom stereocenters. The van der Waals surface area contributed by atoms with E-state index in [-0.39, 0.29) is 82.0 Å². The maximum absolute atomic E-state index is 13.6. The lowest BCUT2D eigenvalue weighted by atomic mass is 10.0. The molecule has 0 heterocycles. The van der Waals surface area contributed by atoms with Gasteiger partial charge in [0.25, 0.3) is 0 Å². The topological polar surface area (TPSA) is 389 Å². The number of carboxylic acids is 1. The Morgan fingerprint density at radius 3 is 1.24 bits per heavy atom. The molecule has 5 amide bonds. The zero-order valence-electron chi connectivity index (χ0n) is 28.6. The standard InChI is InChI=1S/C28H54N14O8/c1-14(2)20(38-15(3)44)24(48)42-19(13-43)23(47)40-16(7-4-10-35-26(29)30)21(45)39-17(8-5-11-36-27(31)32)22(46)41-18(25(49)50)9-6-12-37-28(33)34/h14,16-20,43H,4-13H2,1-3H3,(H,38,44)(H,39,45)(H,40,47)(H,41,46)(H,42,48)(H,49,50)(H4,29,30,35)(H4,31,32,36)(H4,33,34,37)/t16-,17-,18?,19-,20-/m0/s1. The summed E-state index contributed by atoms with van der Waals surface area (Å²) < 4.78 is 0. The van der Waals surface area contributed by atoms with E-state index < -0.39 is 72.3 Å². The zero-order chi connectivity index (χ0) is 38.4. The first kappa shape index (κ1) is 44.6. The van der Waals surface area contributed by atoms with Gasteiger partial charge in [-0.05, 0) is 44.4 Å². The SMILES string of the molecule is CC(=O)N[C@H](C(=O)N[C@@H](CO)C(=O)N[C@@H](CCCNC(=N)N)C(=O)N[C@@H](CCCNC(=N)N)C(=O)NC(CCCNC(=N)N)C(=O)O)C(C)C. The van der Waals surface area contributed by atoms with Crippen molar-refractivity contribution in [3.63, 3.8) is 0 Å². The summed E-state index contributed by atoms with van der Waals surface area (Å²) in [6.45, 7) is 4.11. The van der Waals surface area contributed by atoms with Gasteiger partial charge >= 0.3 is 5.97 Å². The summed E-state index contributed by atoms with van der Waals surface area (Å²) in [5.74, 6) is -6.60. The number of hydrogen-bond acceptors (Lipinski definition) is 10. The highest BCUT2D eigenvalue weighted by atomic mass is 16.4. The van der Waals surface area contributed by atoms with Crippen LogP contribution in [0.25, 0.3) is 0 Å². The molecule has 0 aromatic rings. The third-order valence-corrected chi connectivity index (χ3v) is 6.96. The lowest BCUT2D eigenvalue weighted by Gasteiger charge is -2.27. The molecule has 284 valence electrons. The third kappa shape index (κ3) is 19.4. The second kappa shape index (κ2) is 23.8. The van der Waals surface area contributed by atoms with E-state index in [0.29, 0.717) is 0 Å². The molecule has 5 atom stereocenters. The molecule has 0 rings (SSSR count). The van der Waals surface area contributed by atoms with Crippen molar-refractivity contribution < 1.29 is 39.0 Å². The van der Waals surface area contributed by atoms with Gasteiger partial charge < -0.3 is 69.9 Å². The predicted molar refractivity (Wildman–Crippen MR) is 182 cm³/mol. The van der Waals surface area contributed by atoms with Crippen molar-refractivity contribution in [2.45, 2.75) is 89.5 Å². The van der Waals surface area contributed by atoms with Crippen LogP contribution in [0.1, 0.15) is 59.3 Å². The Morgan fingerprint density at radius 1 is 0.580 bits per heavy atom. The summed E-state index contributed by atoms with van der Waals surface area (Å²) in [5, 5.41) is 61.3. The quantitative estimate of drug-likeness (QED) is 0.0253. The predicted octanol–water partition coefficient (Wildman–Crippen LogP) is -5.05. The molecule has 22 heteroatoms. The molecule has 0 fully saturated rings. The molecule has 0 bridgehead atoms. The van der Waals surface area contributed by atoms with Crippen LogP contribution in [0.5, 0.6) is 0 Å². The number of carbonyl (C=O) groups is 6. The molecule has 0 aromatic heterocycles. The Bertz CT molecular complexity index is 1200. The van der Waals surface area contributed by atoms with Crippen LogP contribution in [-0.2, 0) is 28.8 Å². The number of carboxylic acid groups (broad SMARTS) is 1. The molecular formula is C28H54N14O8. The minimum Gasteiger partial charge on any atom is -0.480 e. The molecule has 19 N–H and O–H groups in total. The first-order valence-electron chi connectivity index (χ1n) is 15.9. The second-order valence-corrected chi connectivity index (χ2v) is 11.6. The zero-order valence-corrected chi connectivity index (χ0v) is 28.6. The summed E-state index contributed by atoms with van der Waals surface area (Å²) >= 11 is 0. The van der Waals surface area contributed by atoms with Gasteiger partial charge in [-0.1, -0.05) is 13.8 Å². The fraction of sp³-hybridized carbons (Fsp3) is 0.679. The van der Waals surface area contributed by atoms with Crippen LogP contribution in [0.4, 0.5) is 0 Å². The number of amides is 5. The highest BCUT2D eigenvalue weighted by molar-refractivity contribution is 5.96. The Hall–Kier alpha value is -5.41. The van der Waals surface area contributed by atoms with Crippen molar-refractivity contribution >= 4 is 53.4 Å². The fourth-order valence-corrected chi connectivity index (χ4v) is 4.41. The molecule has 22 nitrogen and oxygen atoms in total. The molecule has 0 aliphatic rings. The van der Waals surface area contributed by atoms with E-state index in [4.69, 9.17) is 33.4 Å². The first-order valence-corrected chi connectivity index (χ1v) is 15.9. The van der Waals surface area contributed by atoms with Crippen molar-refractivity contribution in [3.8, 4) is 0 Å². The van der Waals surface area contributed by atoms with Crippen LogP contribution in [0.15, 0.2) is 0 Å². The van der Waals surface area contributed by atoms with Crippen molar-refractivity contribution in [3.05, 3.63) is 0 Å². The van der Waals surface area contributed by atoms with Crippen molar-refractivity contribution in [1.29, 1.82) is 16.2 Å². The normalized spacial score (nSPS) is 13.6. The number of hydrogen-bond donors (Lipinski definition) is 16. The van der Waals surface area contributed by atoms with Gasteiger partial charge in [0.2, 0.25) is 29.5 Å². The molecule has 0 aliphatic heterocycles. The van der Waals surface area contributed by atoms with E-state index in [9.17, 15) is 39.0 Å². The second-order valence-electron chi connectivity index (χ2n) is 11.6. The van der Waals surface area contributed by atoms with Gasteiger partial charge in [0.1, 0.15) is 30.2 Å². The van der Waals surface area contributed by atoms with Crippen LogP contribution in [-0.4, -0.2) is 120 Å². The summed E-state index contributed by atoms with van der Waals surface area (Å²) in [6, 6.07) is -6.59. The third-order valence-electron chi connectivity index (χ3n) is 6.96. The summed E-state index contributed by atoms with van der Waals surface area (Å²) in [7, 11) is 0. The largest absolute Gasteiger partial charge is 0.480 e. The number of aliphatic hydroxyl groups is 1. The highest BCUT2D eigenvalue weighted by Gasteiger charge is 2.32. The smallest absolute Gasteiger partial charge is 0.326 e. The Labute approximate surface area is 290 Å². The van der Waals surface area contributed by atoms with Gasteiger partial charge in [0.05, 0.1) is 6.61 Å². The fourth-order valence-electron chi connectivity index (χ4n) is 4.41. The number of rotatable bonds is 24. The van der Waals surface area contributed by atoms with Gasteiger partial charge in [-0.25, -0.2) is 4.79 Å². The number of guanidine groups is 3. The minimum atomic E-state index is -1.53. The monoisotopic (exact) mass is 714 g/mol. The molecular weight excluding hydrogens is 660 g/mol. The van der Waals surface area contributed by atoms with Crippen LogP contribution < -0.4 is 59.7 Å². The van der Waals surface area contributed by atoms with E-state index in [0.717, 1.165) is 0 Å². The molecule has 50 heavy (non-hydrogen) atoms. The van der Waals surface area contributed by atoms with Crippen LogP contribution >= 0.6 is 0 Å². The van der Waals surface area contributed by atoms with Crippen molar-refractivity contribution in [2.75, 3.05) is 26.2 Å². The summed E-state index contributed by atoms with van der Waals surface area (Å²) in [4.78, 5) is 76.5. The number of aliphatic carboxylic acids is 1. The molecule has 0 aliphatic carbocycles. The van der Waals surface area contributed by atoms with Gasteiger partial charge in [-0.2, -0.15) is 0 Å². The van der Waals surface area contributed by atoms with Crippen molar-refractivity contribution in [1.82, 2.24) is 42.5 Å². The summed E-state index contributed by atoms with van der Waals surface area (Å²) in [5.41, 5.74) is 15.9. The van der Waals surface area contributed by atoms with Gasteiger partial charge in [0.15, 0.2) is 17.9 Å². The molecule has 0 spiro atoms. The lowest BCUT2D eigenvalue weighted by Crippen LogP contribution is -2.60. The average Bonchev–Trinajstić information content (AvgIpc) is 3.01. The summed E-state index contributed by atoms with van der Waals surface area (Å²) in [6.07, 6.45) is 0.458. The molecule has 0 aromatic carbocycles. The minimum absolute atomic E-state index is 0.0381. The number of nitrogens with one attached hydrogen (secondary N) is 11. The average molecular weight is 715 g/mol. The van der Waals surface area contributed by atoms with E-state index in [1.54, 1.807) is 13.8 Å². The number of aliphatic hydroxyl groups excluding tert-OH is 1. The highest BCUT2D eigenvalue weighted by Crippen LogP contribution is 2.07. The molecule has 0 saturated heterocycles. The van der Waals surface area contributed by atoms with Gasteiger partial charge in [-0.3, -0.25) is 40.2 Å². The Kier molecular flexibility index (Phi) is 21.3. The van der Waals surface area contributed by atoms with E-state index in [1.165, 1.54) is 6.92 Å². The van der Waals surface area contributed by atoms with Gasteiger partial charge in [-0.15, -0.1) is 0 Å². The number of carbonyl (C=O) groups excluding carboxylic acids is 5.